The Hall–Kier alpha value is -8.15. The van der Waals surface area contributed by atoms with E-state index in [0.717, 1.165) is 93.6 Å². The first kappa shape index (κ1) is 35.6. The second-order valence-electron chi connectivity index (χ2n) is 17.1. The Bertz CT molecular complexity index is 3820. The van der Waals surface area contributed by atoms with Gasteiger partial charge < -0.3 is 8.83 Å². The summed E-state index contributed by atoms with van der Waals surface area (Å²) in [5.74, 6) is 1.60. The second-order valence-corrected chi connectivity index (χ2v) is 17.1. The molecule has 0 radical (unpaired) electrons. The van der Waals surface area contributed by atoms with Crippen molar-refractivity contribution in [2.75, 3.05) is 0 Å². The minimum absolute atomic E-state index is 0.0959. The zero-order valence-corrected chi connectivity index (χ0v) is 34.6. The third-order valence-corrected chi connectivity index (χ3v) is 13.2. The molecule has 0 fully saturated rings. The lowest BCUT2D eigenvalue weighted by atomic mass is 9.81. The van der Waals surface area contributed by atoms with Gasteiger partial charge in [0, 0.05) is 32.5 Å². The van der Waals surface area contributed by atoms with Crippen molar-refractivity contribution in [2.24, 2.45) is 0 Å². The Morgan fingerprint density at radius 3 is 1.83 bits per heavy atom. The number of furan rings is 2. The smallest absolute Gasteiger partial charge is 0.167 e. The lowest BCUT2D eigenvalue weighted by Gasteiger charge is -2.22. The molecule has 1 aliphatic rings. The maximum atomic E-state index is 7.04. The van der Waals surface area contributed by atoms with Crippen LogP contribution in [-0.2, 0) is 5.41 Å². The second kappa shape index (κ2) is 13.4. The van der Waals surface area contributed by atoms with E-state index >= 15 is 0 Å². The average Bonchev–Trinajstić information content (AvgIpc) is 3.99. The molecule has 3 aromatic heterocycles. The summed E-state index contributed by atoms with van der Waals surface area (Å²) in [6.07, 6.45) is 0. The summed E-state index contributed by atoms with van der Waals surface area (Å²) in [5.41, 5.74) is 15.3. The lowest BCUT2D eigenvalue weighted by molar-refractivity contribution is 0.660. The molecule has 63 heavy (non-hydrogen) atoms. The molecule has 0 bridgehead atoms. The summed E-state index contributed by atoms with van der Waals surface area (Å²) >= 11 is 0. The molecule has 12 aromatic rings. The van der Waals surface area contributed by atoms with Crippen LogP contribution in [0.2, 0.25) is 0 Å². The first-order valence-electron chi connectivity index (χ1n) is 21.4. The van der Waals surface area contributed by atoms with Gasteiger partial charge in [-0.05, 0) is 91.7 Å². The van der Waals surface area contributed by atoms with E-state index in [-0.39, 0.29) is 5.41 Å². The Kier molecular flexibility index (Phi) is 7.58. The van der Waals surface area contributed by atoms with Crippen LogP contribution in [0.5, 0.6) is 0 Å². The molecule has 13 rings (SSSR count). The van der Waals surface area contributed by atoms with Crippen LogP contribution >= 0.6 is 0 Å². The molecule has 0 spiro atoms. The highest BCUT2D eigenvalue weighted by Crippen LogP contribution is 2.50. The van der Waals surface area contributed by atoms with E-state index in [1.165, 1.54) is 22.3 Å². The Morgan fingerprint density at radius 1 is 0.349 bits per heavy atom. The Balaban J connectivity index is 1.02. The summed E-state index contributed by atoms with van der Waals surface area (Å²) in [6.45, 7) is 4.65. The fraction of sp³-hybridized carbons (Fsp3) is 0.0517. The quantitative estimate of drug-likeness (QED) is 0.173. The Morgan fingerprint density at radius 2 is 0.952 bits per heavy atom. The van der Waals surface area contributed by atoms with E-state index in [2.05, 4.69) is 166 Å². The average molecular weight is 808 g/mol. The molecule has 1 aliphatic carbocycles. The highest BCUT2D eigenvalue weighted by molar-refractivity contribution is 6.22. The third-order valence-electron chi connectivity index (χ3n) is 13.2. The molecule has 0 saturated heterocycles. The van der Waals surface area contributed by atoms with Gasteiger partial charge in [0.15, 0.2) is 17.5 Å². The van der Waals surface area contributed by atoms with E-state index in [9.17, 15) is 0 Å². The maximum absolute atomic E-state index is 7.04. The van der Waals surface area contributed by atoms with E-state index in [0.29, 0.717) is 17.5 Å². The van der Waals surface area contributed by atoms with Crippen molar-refractivity contribution in [3.63, 3.8) is 0 Å². The predicted octanol–water partition coefficient (Wildman–Crippen LogP) is 15.5. The van der Waals surface area contributed by atoms with Gasteiger partial charge in [-0.25, -0.2) is 15.0 Å². The molecule has 5 nitrogen and oxygen atoms in total. The topological polar surface area (TPSA) is 65.0 Å². The molecule has 0 aliphatic heterocycles. The largest absolute Gasteiger partial charge is 0.455 e. The zero-order valence-electron chi connectivity index (χ0n) is 34.6. The van der Waals surface area contributed by atoms with Crippen molar-refractivity contribution >= 4 is 54.6 Å². The number of aromatic nitrogens is 3. The van der Waals surface area contributed by atoms with Gasteiger partial charge in [-0.1, -0.05) is 166 Å². The molecule has 0 unspecified atom stereocenters. The van der Waals surface area contributed by atoms with Gasteiger partial charge in [-0.3, -0.25) is 0 Å². The number of para-hydroxylation sites is 2. The standard InChI is InChI=1S/C58H37N3O2/c1-58(2)48-21-10-8-17-41(48)42-29-27-37(32-49(42)58)38-28-30-45-51(33-38)63-54-47(31-39-15-6-7-16-40(39)52(45)54)57-60-55(36-25-23-35(24-26-36)34-13-4-3-5-14-34)59-56(61-57)46-20-12-19-44-43-18-9-11-22-50(43)62-53(44)46/h3-33H,1-2H3. The van der Waals surface area contributed by atoms with Gasteiger partial charge in [0.25, 0.3) is 0 Å². The van der Waals surface area contributed by atoms with Crippen LogP contribution in [0.3, 0.4) is 0 Å². The highest BCUT2D eigenvalue weighted by Gasteiger charge is 2.35. The van der Waals surface area contributed by atoms with Gasteiger partial charge >= 0.3 is 0 Å². The zero-order chi connectivity index (χ0) is 41.8. The van der Waals surface area contributed by atoms with Crippen LogP contribution in [0.4, 0.5) is 0 Å². The summed E-state index contributed by atoms with van der Waals surface area (Å²) in [4.78, 5) is 15.8. The van der Waals surface area contributed by atoms with E-state index < -0.39 is 0 Å². The number of hydrogen-bond donors (Lipinski definition) is 0. The van der Waals surface area contributed by atoms with Crippen molar-refractivity contribution in [3.8, 4) is 67.5 Å². The number of rotatable bonds is 5. The minimum Gasteiger partial charge on any atom is -0.455 e. The predicted molar refractivity (Wildman–Crippen MR) is 257 cm³/mol. The van der Waals surface area contributed by atoms with Crippen molar-refractivity contribution in [1.82, 2.24) is 15.0 Å². The molecule has 296 valence electrons. The maximum Gasteiger partial charge on any atom is 0.167 e. The van der Waals surface area contributed by atoms with Crippen molar-refractivity contribution in [2.45, 2.75) is 19.3 Å². The molecule has 5 heteroatoms. The third kappa shape index (κ3) is 5.46. The molecule has 9 aromatic carbocycles. The first-order chi connectivity index (χ1) is 31.0. The van der Waals surface area contributed by atoms with Crippen LogP contribution in [0, 0.1) is 0 Å². The number of fused-ring (bicyclic) bond motifs is 11. The number of nitrogens with zero attached hydrogens (tertiary/aromatic N) is 3. The van der Waals surface area contributed by atoms with Crippen LogP contribution in [-0.4, -0.2) is 15.0 Å². The summed E-state index contributed by atoms with van der Waals surface area (Å²) in [6, 6.07) is 66.0. The summed E-state index contributed by atoms with van der Waals surface area (Å²) in [5, 5.41) is 6.31. The van der Waals surface area contributed by atoms with E-state index in [4.69, 9.17) is 23.8 Å². The Labute approximate surface area is 363 Å². The first-order valence-corrected chi connectivity index (χ1v) is 21.4. The normalized spacial score (nSPS) is 13.0. The van der Waals surface area contributed by atoms with Crippen LogP contribution in [0.15, 0.2) is 197 Å². The molecule has 0 saturated carbocycles. The van der Waals surface area contributed by atoms with Gasteiger partial charge in [0.2, 0.25) is 0 Å². The van der Waals surface area contributed by atoms with Crippen molar-refractivity contribution in [3.05, 3.63) is 199 Å². The lowest BCUT2D eigenvalue weighted by Crippen LogP contribution is -2.14. The molecule has 0 amide bonds. The van der Waals surface area contributed by atoms with Crippen LogP contribution < -0.4 is 0 Å². The van der Waals surface area contributed by atoms with Crippen LogP contribution in [0.25, 0.3) is 122 Å². The van der Waals surface area contributed by atoms with Crippen LogP contribution in [0.1, 0.15) is 25.0 Å². The van der Waals surface area contributed by atoms with Gasteiger partial charge in [0.05, 0.1) is 11.1 Å². The SMILES string of the molecule is CC1(C)c2ccccc2-c2ccc(-c3ccc4c(c3)oc3c(-c5nc(-c6ccc(-c7ccccc7)cc6)nc(-c6cccc7c6oc6ccccc67)n5)cc5ccccc5c34)cc21. The fourth-order valence-corrected chi connectivity index (χ4v) is 9.97. The molecular weight excluding hydrogens is 771 g/mol. The minimum atomic E-state index is -0.0959. The summed E-state index contributed by atoms with van der Waals surface area (Å²) in [7, 11) is 0. The molecular formula is C58H37N3O2. The molecule has 0 N–H and O–H groups in total. The van der Waals surface area contributed by atoms with Gasteiger partial charge in [-0.15, -0.1) is 0 Å². The van der Waals surface area contributed by atoms with Gasteiger partial charge in [-0.2, -0.15) is 0 Å². The summed E-state index contributed by atoms with van der Waals surface area (Å²) < 4.78 is 13.6. The number of benzene rings is 9. The van der Waals surface area contributed by atoms with E-state index in [1.54, 1.807) is 0 Å². The fourth-order valence-electron chi connectivity index (χ4n) is 9.97. The van der Waals surface area contributed by atoms with Crippen molar-refractivity contribution < 1.29 is 8.83 Å². The monoisotopic (exact) mass is 807 g/mol. The van der Waals surface area contributed by atoms with E-state index in [1.807, 2.05) is 36.4 Å². The number of hydrogen-bond acceptors (Lipinski definition) is 5. The molecule has 3 heterocycles. The van der Waals surface area contributed by atoms with Crippen molar-refractivity contribution in [1.29, 1.82) is 0 Å². The molecule has 0 atom stereocenters. The van der Waals surface area contributed by atoms with Gasteiger partial charge in [0.1, 0.15) is 22.3 Å². The highest BCUT2D eigenvalue weighted by atomic mass is 16.3.